The molecule has 1 saturated heterocycles. The SMILES string of the molecule is CC1(CNCc2ccc(-n3cccc3)cc2)COC1. The first kappa shape index (κ1) is 12.5. The van der Waals surface area contributed by atoms with Crippen molar-refractivity contribution in [1.29, 1.82) is 0 Å². The summed E-state index contributed by atoms with van der Waals surface area (Å²) in [6, 6.07) is 12.8. The van der Waals surface area contributed by atoms with Gasteiger partial charge in [0.1, 0.15) is 0 Å². The van der Waals surface area contributed by atoms with Gasteiger partial charge in [0.2, 0.25) is 0 Å². The zero-order valence-corrected chi connectivity index (χ0v) is 11.3. The van der Waals surface area contributed by atoms with E-state index >= 15 is 0 Å². The van der Waals surface area contributed by atoms with Crippen LogP contribution in [0.1, 0.15) is 12.5 Å². The van der Waals surface area contributed by atoms with Gasteiger partial charge in [0.15, 0.2) is 0 Å². The van der Waals surface area contributed by atoms with Gasteiger partial charge in [-0.05, 0) is 29.8 Å². The van der Waals surface area contributed by atoms with Gasteiger partial charge >= 0.3 is 0 Å². The van der Waals surface area contributed by atoms with Gasteiger partial charge in [-0.25, -0.2) is 0 Å². The predicted octanol–water partition coefficient (Wildman–Crippen LogP) is 2.60. The zero-order chi connectivity index (χ0) is 13.1. The Hall–Kier alpha value is -1.58. The molecule has 3 rings (SSSR count). The monoisotopic (exact) mass is 256 g/mol. The number of hydrogen-bond donors (Lipinski definition) is 1. The summed E-state index contributed by atoms with van der Waals surface area (Å²) in [7, 11) is 0. The van der Waals surface area contributed by atoms with E-state index < -0.39 is 0 Å². The molecule has 0 amide bonds. The highest BCUT2D eigenvalue weighted by molar-refractivity contribution is 5.35. The maximum absolute atomic E-state index is 5.25. The molecule has 19 heavy (non-hydrogen) atoms. The smallest absolute Gasteiger partial charge is 0.0554 e. The second kappa shape index (κ2) is 5.19. The Kier molecular flexibility index (Phi) is 3.40. The van der Waals surface area contributed by atoms with Gasteiger partial charge in [0.05, 0.1) is 13.2 Å². The molecule has 0 bridgehead atoms. The summed E-state index contributed by atoms with van der Waals surface area (Å²) in [6.45, 7) is 5.96. The molecule has 3 heteroatoms. The molecule has 0 radical (unpaired) electrons. The van der Waals surface area contributed by atoms with Crippen molar-refractivity contribution in [3.05, 3.63) is 54.4 Å². The second-order valence-electron chi connectivity index (χ2n) is 5.66. The van der Waals surface area contributed by atoms with Gasteiger partial charge in [-0.2, -0.15) is 0 Å². The fourth-order valence-electron chi connectivity index (χ4n) is 2.35. The Balaban J connectivity index is 1.54. The minimum Gasteiger partial charge on any atom is -0.380 e. The summed E-state index contributed by atoms with van der Waals surface area (Å²) < 4.78 is 7.37. The molecule has 1 fully saturated rings. The topological polar surface area (TPSA) is 26.2 Å². The van der Waals surface area contributed by atoms with E-state index in [4.69, 9.17) is 4.74 Å². The van der Waals surface area contributed by atoms with Gasteiger partial charge in [-0.3, -0.25) is 0 Å². The maximum atomic E-state index is 5.25. The largest absolute Gasteiger partial charge is 0.380 e. The van der Waals surface area contributed by atoms with Crippen LogP contribution in [-0.2, 0) is 11.3 Å². The molecule has 0 spiro atoms. The van der Waals surface area contributed by atoms with E-state index in [-0.39, 0.29) is 0 Å². The number of benzene rings is 1. The van der Waals surface area contributed by atoms with Crippen molar-refractivity contribution < 1.29 is 4.74 Å². The maximum Gasteiger partial charge on any atom is 0.0554 e. The first-order valence-electron chi connectivity index (χ1n) is 6.76. The minimum atomic E-state index is 0.338. The van der Waals surface area contributed by atoms with Crippen LogP contribution in [0, 0.1) is 5.41 Å². The van der Waals surface area contributed by atoms with Crippen molar-refractivity contribution in [1.82, 2.24) is 9.88 Å². The van der Waals surface area contributed by atoms with E-state index in [1.165, 1.54) is 11.3 Å². The molecule has 1 aliphatic rings. The van der Waals surface area contributed by atoms with E-state index in [0.29, 0.717) is 5.41 Å². The van der Waals surface area contributed by atoms with Gasteiger partial charge in [-0.1, -0.05) is 19.1 Å². The molecule has 0 unspecified atom stereocenters. The fourth-order valence-corrected chi connectivity index (χ4v) is 2.35. The molecule has 100 valence electrons. The normalized spacial score (nSPS) is 17.1. The van der Waals surface area contributed by atoms with Crippen molar-refractivity contribution in [2.45, 2.75) is 13.5 Å². The highest BCUT2D eigenvalue weighted by Gasteiger charge is 2.32. The Labute approximate surface area is 114 Å². The van der Waals surface area contributed by atoms with Crippen LogP contribution in [0.2, 0.25) is 0 Å². The van der Waals surface area contributed by atoms with Crippen LogP contribution in [0.5, 0.6) is 0 Å². The molecule has 3 nitrogen and oxygen atoms in total. The van der Waals surface area contributed by atoms with Gasteiger partial charge < -0.3 is 14.6 Å². The predicted molar refractivity (Wildman–Crippen MR) is 76.4 cm³/mol. The highest BCUT2D eigenvalue weighted by atomic mass is 16.5. The second-order valence-corrected chi connectivity index (χ2v) is 5.66. The lowest BCUT2D eigenvalue weighted by molar-refractivity contribution is -0.0991. The van der Waals surface area contributed by atoms with Crippen LogP contribution >= 0.6 is 0 Å². The molecular formula is C16H20N2O. The van der Waals surface area contributed by atoms with Crippen molar-refractivity contribution in [3.63, 3.8) is 0 Å². The number of aromatic nitrogens is 1. The molecule has 1 N–H and O–H groups in total. The Bertz CT molecular complexity index is 512. The number of hydrogen-bond acceptors (Lipinski definition) is 2. The molecule has 1 aliphatic heterocycles. The van der Waals surface area contributed by atoms with E-state index in [1.54, 1.807) is 0 Å². The lowest BCUT2D eigenvalue weighted by Crippen LogP contribution is -2.47. The molecule has 0 saturated carbocycles. The van der Waals surface area contributed by atoms with Gasteiger partial charge in [-0.15, -0.1) is 0 Å². The lowest BCUT2D eigenvalue weighted by atomic mass is 9.89. The van der Waals surface area contributed by atoms with Gasteiger partial charge in [0, 0.05) is 36.6 Å². The number of ether oxygens (including phenoxy) is 1. The van der Waals surface area contributed by atoms with E-state index in [9.17, 15) is 0 Å². The van der Waals surface area contributed by atoms with Crippen molar-refractivity contribution in [3.8, 4) is 5.69 Å². The first-order chi connectivity index (χ1) is 9.25. The van der Waals surface area contributed by atoms with Crippen molar-refractivity contribution in [2.24, 2.45) is 5.41 Å². The lowest BCUT2D eigenvalue weighted by Gasteiger charge is -2.38. The first-order valence-corrected chi connectivity index (χ1v) is 6.76. The van der Waals surface area contributed by atoms with Gasteiger partial charge in [0.25, 0.3) is 0 Å². The Morgan fingerprint density at radius 2 is 1.84 bits per heavy atom. The minimum absolute atomic E-state index is 0.338. The standard InChI is InChI=1S/C16H20N2O/c1-16(12-19-13-16)11-17-10-14-4-6-15(7-5-14)18-8-2-3-9-18/h2-9,17H,10-13H2,1H3. The van der Waals surface area contributed by atoms with Crippen LogP contribution in [-0.4, -0.2) is 24.3 Å². The molecule has 1 aromatic heterocycles. The van der Waals surface area contributed by atoms with Crippen LogP contribution in [0.25, 0.3) is 5.69 Å². The van der Waals surface area contributed by atoms with E-state index in [2.05, 4.69) is 53.5 Å². The zero-order valence-electron chi connectivity index (χ0n) is 11.3. The number of nitrogens with one attached hydrogen (secondary N) is 1. The van der Waals surface area contributed by atoms with Crippen LogP contribution in [0.15, 0.2) is 48.8 Å². The number of rotatable bonds is 5. The average Bonchev–Trinajstić information content (AvgIpc) is 2.91. The van der Waals surface area contributed by atoms with Crippen LogP contribution in [0.4, 0.5) is 0 Å². The Morgan fingerprint density at radius 3 is 2.42 bits per heavy atom. The third kappa shape index (κ3) is 2.88. The molecule has 1 aromatic carbocycles. The summed E-state index contributed by atoms with van der Waals surface area (Å²) in [5.41, 5.74) is 2.86. The van der Waals surface area contributed by atoms with E-state index in [0.717, 1.165) is 26.3 Å². The van der Waals surface area contributed by atoms with Crippen LogP contribution < -0.4 is 5.32 Å². The third-order valence-corrected chi connectivity index (χ3v) is 3.62. The van der Waals surface area contributed by atoms with E-state index in [1.807, 2.05) is 12.1 Å². The van der Waals surface area contributed by atoms with Crippen LogP contribution in [0.3, 0.4) is 0 Å². The summed E-state index contributed by atoms with van der Waals surface area (Å²) in [6.07, 6.45) is 4.12. The molecule has 2 heterocycles. The Morgan fingerprint density at radius 1 is 1.16 bits per heavy atom. The highest BCUT2D eigenvalue weighted by Crippen LogP contribution is 2.25. The summed E-state index contributed by atoms with van der Waals surface area (Å²) >= 11 is 0. The molecule has 0 atom stereocenters. The van der Waals surface area contributed by atoms with Crippen molar-refractivity contribution >= 4 is 0 Å². The molecule has 0 aliphatic carbocycles. The average molecular weight is 256 g/mol. The fraction of sp³-hybridized carbons (Fsp3) is 0.375. The summed E-state index contributed by atoms with van der Waals surface area (Å²) in [5, 5.41) is 3.51. The third-order valence-electron chi connectivity index (χ3n) is 3.62. The number of nitrogens with zero attached hydrogens (tertiary/aromatic N) is 1. The quantitative estimate of drug-likeness (QED) is 0.890. The summed E-state index contributed by atoms with van der Waals surface area (Å²) in [4.78, 5) is 0. The molecule has 2 aromatic rings. The molecular weight excluding hydrogens is 236 g/mol. The van der Waals surface area contributed by atoms with Crippen molar-refractivity contribution in [2.75, 3.05) is 19.8 Å². The summed E-state index contributed by atoms with van der Waals surface area (Å²) in [5.74, 6) is 0.